The molecule has 0 aliphatic heterocycles. The summed E-state index contributed by atoms with van der Waals surface area (Å²) < 4.78 is 0. The van der Waals surface area contributed by atoms with Gasteiger partial charge < -0.3 is 5.11 Å². The highest BCUT2D eigenvalue weighted by Crippen LogP contribution is 2.33. The van der Waals surface area contributed by atoms with Crippen LogP contribution in [0.2, 0.25) is 0 Å². The first-order chi connectivity index (χ1) is 7.16. The number of aromatic nitrogens is 1. The number of carboxylic acid groups (broad SMARTS) is 1. The van der Waals surface area contributed by atoms with Crippen LogP contribution in [0.1, 0.15) is 46.3 Å². The number of aromatic carboxylic acids is 1. The van der Waals surface area contributed by atoms with Gasteiger partial charge in [0, 0.05) is 18.8 Å². The van der Waals surface area contributed by atoms with Gasteiger partial charge in [-0.05, 0) is 12.8 Å². The molecule has 1 saturated carbocycles. The lowest BCUT2D eigenvalue weighted by molar-refractivity contribution is -0.120. The van der Waals surface area contributed by atoms with Crippen LogP contribution < -0.4 is 0 Å². The van der Waals surface area contributed by atoms with Crippen molar-refractivity contribution in [3.63, 3.8) is 0 Å². The number of carbonyl (C=O) groups excluding carboxylic acids is 1. The Morgan fingerprint density at radius 1 is 1.47 bits per heavy atom. The molecule has 15 heavy (non-hydrogen) atoms. The fourth-order valence-corrected chi connectivity index (χ4v) is 2.69. The Morgan fingerprint density at radius 2 is 2.13 bits per heavy atom. The summed E-state index contributed by atoms with van der Waals surface area (Å²) in [6.07, 6.45) is 4.23. The summed E-state index contributed by atoms with van der Waals surface area (Å²) in [5.41, 5.74) is 0. The molecule has 1 aromatic rings. The third-order valence-electron chi connectivity index (χ3n) is 2.63. The molecule has 4 nitrogen and oxygen atoms in total. The lowest BCUT2D eigenvalue weighted by Gasteiger charge is -2.18. The second-order valence-electron chi connectivity index (χ2n) is 3.68. The van der Waals surface area contributed by atoms with Crippen LogP contribution in [0.3, 0.4) is 0 Å². The maximum atomic E-state index is 11.0. The minimum atomic E-state index is -0.925. The summed E-state index contributed by atoms with van der Waals surface area (Å²) >= 11 is 1.23. The number of rotatable bonds is 2. The van der Waals surface area contributed by atoms with Crippen LogP contribution >= 0.6 is 11.3 Å². The van der Waals surface area contributed by atoms with Gasteiger partial charge in [0.15, 0.2) is 0 Å². The van der Waals surface area contributed by atoms with Gasteiger partial charge in [-0.25, -0.2) is 9.78 Å². The molecule has 0 saturated heterocycles. The molecule has 1 aromatic heterocycles. The number of hydrogen-bond donors (Lipinski definition) is 1. The molecule has 5 heteroatoms. The van der Waals surface area contributed by atoms with Crippen molar-refractivity contribution in [1.82, 2.24) is 4.98 Å². The Labute approximate surface area is 91.0 Å². The average Bonchev–Trinajstić information content (AvgIpc) is 2.68. The van der Waals surface area contributed by atoms with E-state index in [-0.39, 0.29) is 10.8 Å². The molecule has 2 rings (SSSR count). The minimum Gasteiger partial charge on any atom is -0.477 e. The molecule has 1 aliphatic rings. The summed E-state index contributed by atoms with van der Waals surface area (Å²) in [6.45, 7) is 0. The van der Waals surface area contributed by atoms with E-state index in [0.29, 0.717) is 18.6 Å². The van der Waals surface area contributed by atoms with Crippen LogP contribution in [0.15, 0.2) is 6.20 Å². The summed E-state index contributed by atoms with van der Waals surface area (Å²) in [5.74, 6) is -0.340. The van der Waals surface area contributed by atoms with E-state index in [2.05, 4.69) is 4.98 Å². The van der Waals surface area contributed by atoms with Gasteiger partial charge in [-0.15, -0.1) is 11.3 Å². The molecule has 0 radical (unpaired) electrons. The lowest BCUT2D eigenvalue weighted by atomic mass is 9.89. The van der Waals surface area contributed by atoms with Crippen molar-refractivity contribution < 1.29 is 14.7 Å². The van der Waals surface area contributed by atoms with E-state index >= 15 is 0 Å². The third-order valence-corrected chi connectivity index (χ3v) is 3.77. The van der Waals surface area contributed by atoms with Crippen molar-refractivity contribution in [1.29, 1.82) is 0 Å². The Morgan fingerprint density at radius 3 is 2.67 bits per heavy atom. The van der Waals surface area contributed by atoms with Gasteiger partial charge in [0.05, 0.1) is 11.2 Å². The van der Waals surface area contributed by atoms with E-state index in [1.54, 1.807) is 0 Å². The van der Waals surface area contributed by atoms with Gasteiger partial charge in [-0.1, -0.05) is 0 Å². The van der Waals surface area contributed by atoms with Crippen molar-refractivity contribution in [2.45, 2.75) is 31.6 Å². The number of hydrogen-bond acceptors (Lipinski definition) is 4. The number of nitrogens with zero attached hydrogens (tertiary/aromatic N) is 1. The number of Topliss-reactive ketones (excluding diaryl/α,β-unsaturated/α-hetero) is 1. The molecule has 0 bridgehead atoms. The van der Waals surface area contributed by atoms with Crippen molar-refractivity contribution in [2.24, 2.45) is 0 Å². The quantitative estimate of drug-likeness (QED) is 0.836. The summed E-state index contributed by atoms with van der Waals surface area (Å²) in [7, 11) is 0. The molecular formula is C10H11NO3S. The fraction of sp³-hybridized carbons (Fsp3) is 0.500. The van der Waals surface area contributed by atoms with Crippen molar-refractivity contribution in [3.05, 3.63) is 16.1 Å². The van der Waals surface area contributed by atoms with E-state index in [0.717, 1.165) is 17.8 Å². The molecule has 80 valence electrons. The van der Waals surface area contributed by atoms with Crippen LogP contribution in [0, 0.1) is 0 Å². The predicted octanol–water partition coefficient (Wildman–Crippen LogP) is 2.07. The molecule has 1 N–H and O–H groups in total. The zero-order valence-corrected chi connectivity index (χ0v) is 8.92. The first kappa shape index (κ1) is 10.3. The number of thiazole rings is 1. The minimum absolute atomic E-state index is 0.279. The second-order valence-corrected chi connectivity index (χ2v) is 4.74. The number of carboxylic acids is 1. The average molecular weight is 225 g/mol. The van der Waals surface area contributed by atoms with Gasteiger partial charge in [-0.2, -0.15) is 0 Å². The first-order valence-corrected chi connectivity index (χ1v) is 5.69. The van der Waals surface area contributed by atoms with E-state index in [4.69, 9.17) is 5.11 Å². The molecule has 0 unspecified atom stereocenters. The van der Waals surface area contributed by atoms with Crippen molar-refractivity contribution >= 4 is 23.1 Å². The maximum Gasteiger partial charge on any atom is 0.347 e. The Kier molecular flexibility index (Phi) is 2.81. The first-order valence-electron chi connectivity index (χ1n) is 4.87. The predicted molar refractivity (Wildman–Crippen MR) is 55.3 cm³/mol. The van der Waals surface area contributed by atoms with Gasteiger partial charge in [-0.3, -0.25) is 4.79 Å². The van der Waals surface area contributed by atoms with Gasteiger partial charge >= 0.3 is 5.97 Å². The second kappa shape index (κ2) is 4.10. The highest BCUT2D eigenvalue weighted by molar-refractivity contribution is 7.13. The van der Waals surface area contributed by atoms with Crippen molar-refractivity contribution in [3.8, 4) is 0 Å². The van der Waals surface area contributed by atoms with Crippen LogP contribution in [0.25, 0.3) is 0 Å². The summed E-state index contributed by atoms with van der Waals surface area (Å²) in [4.78, 5) is 26.1. The van der Waals surface area contributed by atoms with Gasteiger partial charge in [0.1, 0.15) is 10.7 Å². The largest absolute Gasteiger partial charge is 0.477 e. The molecule has 1 aliphatic carbocycles. The summed E-state index contributed by atoms with van der Waals surface area (Å²) in [6, 6.07) is 0. The fourth-order valence-electron chi connectivity index (χ4n) is 1.76. The SMILES string of the molecule is O=C1CCC(c2ncc(C(=O)O)s2)CC1. The maximum absolute atomic E-state index is 11.0. The Balaban J connectivity index is 2.09. The number of ketones is 1. The normalized spacial score (nSPS) is 18.0. The van der Waals surface area contributed by atoms with E-state index in [1.807, 2.05) is 0 Å². The molecule has 0 aromatic carbocycles. The molecule has 0 spiro atoms. The topological polar surface area (TPSA) is 67.3 Å². The van der Waals surface area contributed by atoms with E-state index in [9.17, 15) is 9.59 Å². The highest BCUT2D eigenvalue weighted by atomic mass is 32.1. The third kappa shape index (κ3) is 2.23. The van der Waals surface area contributed by atoms with Crippen LogP contribution in [-0.4, -0.2) is 21.8 Å². The summed E-state index contributed by atoms with van der Waals surface area (Å²) in [5, 5.41) is 9.62. The van der Waals surface area contributed by atoms with Gasteiger partial charge in [0.2, 0.25) is 0 Å². The number of carbonyl (C=O) groups is 2. The van der Waals surface area contributed by atoms with Gasteiger partial charge in [0.25, 0.3) is 0 Å². The Hall–Kier alpha value is -1.23. The molecule has 0 atom stereocenters. The lowest BCUT2D eigenvalue weighted by Crippen LogP contribution is -2.11. The molecule has 1 heterocycles. The molecule has 0 amide bonds. The van der Waals surface area contributed by atoms with Crippen LogP contribution in [0.4, 0.5) is 0 Å². The zero-order chi connectivity index (χ0) is 10.8. The molecule has 1 fully saturated rings. The van der Waals surface area contributed by atoms with Crippen LogP contribution in [0.5, 0.6) is 0 Å². The molecular weight excluding hydrogens is 214 g/mol. The van der Waals surface area contributed by atoms with E-state index in [1.165, 1.54) is 17.5 Å². The smallest absolute Gasteiger partial charge is 0.347 e. The zero-order valence-electron chi connectivity index (χ0n) is 8.10. The Bertz CT molecular complexity index is 389. The van der Waals surface area contributed by atoms with Crippen molar-refractivity contribution in [2.75, 3.05) is 0 Å². The highest BCUT2D eigenvalue weighted by Gasteiger charge is 2.23. The standard InChI is InChI=1S/C10H11NO3S/c12-7-3-1-6(2-4-7)9-11-5-8(15-9)10(13)14/h5-6H,1-4H2,(H,13,14). The van der Waals surface area contributed by atoms with E-state index < -0.39 is 5.97 Å². The monoisotopic (exact) mass is 225 g/mol. The van der Waals surface area contributed by atoms with Crippen LogP contribution in [-0.2, 0) is 4.79 Å².